The van der Waals surface area contributed by atoms with E-state index in [0.29, 0.717) is 5.56 Å². The van der Waals surface area contributed by atoms with Gasteiger partial charge in [0.15, 0.2) is 0 Å². The summed E-state index contributed by atoms with van der Waals surface area (Å²) in [5.74, 6) is 4.05. The van der Waals surface area contributed by atoms with Crippen molar-refractivity contribution in [3.05, 3.63) is 35.4 Å². The minimum absolute atomic E-state index is 0.0817. The number of nitrogens with two attached hydrogens (primary N) is 1. The number of nitrogens with zero attached hydrogens (tertiary/aromatic N) is 2. The van der Waals surface area contributed by atoms with Crippen molar-refractivity contribution in [1.29, 1.82) is 0 Å². The first-order chi connectivity index (χ1) is 8.15. The Kier molecular flexibility index (Phi) is 4.80. The number of rotatable bonds is 4. The molecule has 1 rings (SSSR count). The van der Waals surface area contributed by atoms with Crippen LogP contribution in [0.5, 0.6) is 0 Å². The van der Waals surface area contributed by atoms with Crippen LogP contribution in [0.3, 0.4) is 0 Å². The van der Waals surface area contributed by atoms with Crippen LogP contribution in [0.2, 0.25) is 0 Å². The van der Waals surface area contributed by atoms with Crippen LogP contribution in [0, 0.1) is 6.92 Å². The normalized spacial score (nSPS) is 10.4. The van der Waals surface area contributed by atoms with E-state index in [9.17, 15) is 9.59 Å². The Balaban J connectivity index is 2.46. The second kappa shape index (κ2) is 6.37. The smallest absolute Gasteiger partial charge is 0.268 e. The summed E-state index contributed by atoms with van der Waals surface area (Å²) in [6, 6.07) is 7.22. The fourth-order valence-electron chi connectivity index (χ4n) is 1.32. The van der Waals surface area contributed by atoms with Gasteiger partial charge in [0.1, 0.15) is 0 Å². The van der Waals surface area contributed by atoms with Gasteiger partial charge in [0.05, 0.1) is 0 Å². The van der Waals surface area contributed by atoms with E-state index in [2.05, 4.69) is 15.7 Å². The molecule has 0 aliphatic carbocycles. The maximum absolute atomic E-state index is 11.7. The zero-order chi connectivity index (χ0) is 12.7. The van der Waals surface area contributed by atoms with Gasteiger partial charge in [-0.05, 0) is 18.6 Å². The van der Waals surface area contributed by atoms with Gasteiger partial charge in [-0.1, -0.05) is 28.5 Å². The Labute approximate surface area is 98.9 Å². The molecule has 0 fully saturated rings. The molecule has 0 aromatic heterocycles. The molecule has 0 saturated carbocycles. The van der Waals surface area contributed by atoms with Crippen molar-refractivity contribution < 1.29 is 9.59 Å². The Morgan fingerprint density at radius 2 is 2.06 bits per heavy atom. The fourth-order valence-corrected chi connectivity index (χ4v) is 1.32. The maximum Gasteiger partial charge on any atom is 0.268 e. The molecule has 0 aliphatic heterocycles. The second-order valence-corrected chi connectivity index (χ2v) is 3.43. The molecular weight excluding hydrogens is 220 g/mol. The molecule has 1 aromatic carbocycles. The molecule has 6 heteroatoms. The zero-order valence-electron chi connectivity index (χ0n) is 9.51. The highest BCUT2D eigenvalue weighted by molar-refractivity contribution is 5.95. The largest absolute Gasteiger partial charge is 0.352 e. The minimum Gasteiger partial charge on any atom is -0.352 e. The van der Waals surface area contributed by atoms with E-state index in [1.54, 1.807) is 12.1 Å². The third-order valence-corrected chi connectivity index (χ3v) is 2.18. The van der Waals surface area contributed by atoms with Crippen molar-refractivity contribution in [3.63, 3.8) is 0 Å². The molecular formula is C11H14N4O2. The predicted molar refractivity (Wildman–Crippen MR) is 62.2 cm³/mol. The minimum atomic E-state index is -0.461. The average molecular weight is 234 g/mol. The molecule has 0 aliphatic rings. The Morgan fingerprint density at radius 1 is 1.35 bits per heavy atom. The van der Waals surface area contributed by atoms with Gasteiger partial charge < -0.3 is 11.2 Å². The lowest BCUT2D eigenvalue weighted by molar-refractivity contribution is -0.118. The van der Waals surface area contributed by atoms with Crippen molar-refractivity contribution in [2.75, 3.05) is 6.54 Å². The van der Waals surface area contributed by atoms with Crippen LogP contribution in [0.25, 0.3) is 0 Å². The van der Waals surface area contributed by atoms with E-state index < -0.39 is 5.91 Å². The summed E-state index contributed by atoms with van der Waals surface area (Å²) in [5.41, 5.74) is 1.48. The summed E-state index contributed by atoms with van der Waals surface area (Å²) in [5, 5.41) is 8.62. The molecule has 2 amide bonds. The topological polar surface area (TPSA) is 96.9 Å². The molecule has 0 bridgehead atoms. The summed E-state index contributed by atoms with van der Waals surface area (Å²) >= 11 is 0. The quantitative estimate of drug-likeness (QED) is 0.461. The van der Waals surface area contributed by atoms with Crippen molar-refractivity contribution in [2.45, 2.75) is 13.3 Å². The fraction of sp³-hybridized carbons (Fsp3) is 0.273. The molecule has 1 aromatic rings. The molecule has 0 spiro atoms. The van der Waals surface area contributed by atoms with Crippen LogP contribution in [-0.4, -0.2) is 18.4 Å². The lowest BCUT2D eigenvalue weighted by Gasteiger charge is -2.05. The van der Waals surface area contributed by atoms with Gasteiger partial charge in [-0.15, -0.1) is 0 Å². The number of aryl methyl sites for hydroxylation is 1. The molecule has 0 radical (unpaired) electrons. The number of benzene rings is 1. The standard InChI is InChI=1S/C11H14N4O2/c1-8-4-2-3-5-9(8)11(17)13-7-6-10(16)14-15-12/h2-5H,6-7H2,1H3,(H,13,17)(H2,12,14,16). The van der Waals surface area contributed by atoms with Crippen LogP contribution in [0.4, 0.5) is 0 Å². The molecule has 17 heavy (non-hydrogen) atoms. The van der Waals surface area contributed by atoms with Crippen LogP contribution < -0.4 is 11.2 Å². The average Bonchev–Trinajstić information content (AvgIpc) is 2.29. The molecule has 0 unspecified atom stereocenters. The van der Waals surface area contributed by atoms with Gasteiger partial charge >= 0.3 is 0 Å². The highest BCUT2D eigenvalue weighted by atomic mass is 16.2. The van der Waals surface area contributed by atoms with Crippen molar-refractivity contribution in [2.24, 2.45) is 16.2 Å². The number of carbonyl (C=O) groups excluding carboxylic acids is 2. The summed E-state index contributed by atoms with van der Waals surface area (Å²) < 4.78 is 0. The lowest BCUT2D eigenvalue weighted by atomic mass is 10.1. The van der Waals surface area contributed by atoms with Crippen molar-refractivity contribution >= 4 is 11.8 Å². The summed E-state index contributed by atoms with van der Waals surface area (Å²) in [7, 11) is 0. The molecule has 90 valence electrons. The third kappa shape index (κ3) is 4.02. The van der Waals surface area contributed by atoms with Crippen molar-refractivity contribution in [1.82, 2.24) is 5.32 Å². The molecule has 6 nitrogen and oxygen atoms in total. The summed E-state index contributed by atoms with van der Waals surface area (Å²) in [6.45, 7) is 2.06. The summed E-state index contributed by atoms with van der Waals surface area (Å²) in [4.78, 5) is 22.6. The van der Waals surface area contributed by atoms with Crippen LogP contribution in [0.1, 0.15) is 22.3 Å². The van der Waals surface area contributed by atoms with Crippen molar-refractivity contribution in [3.8, 4) is 0 Å². The second-order valence-electron chi connectivity index (χ2n) is 3.43. The van der Waals surface area contributed by atoms with E-state index in [1.807, 2.05) is 19.1 Å². The van der Waals surface area contributed by atoms with E-state index in [-0.39, 0.29) is 18.9 Å². The zero-order valence-corrected chi connectivity index (χ0v) is 9.51. The van der Waals surface area contributed by atoms with Crippen LogP contribution in [0.15, 0.2) is 34.6 Å². The Bertz CT molecular complexity index is 443. The van der Waals surface area contributed by atoms with Gasteiger partial charge in [0.25, 0.3) is 11.8 Å². The molecule has 3 N–H and O–H groups in total. The molecule has 0 atom stereocenters. The van der Waals surface area contributed by atoms with Crippen LogP contribution >= 0.6 is 0 Å². The molecule has 0 heterocycles. The van der Waals surface area contributed by atoms with Gasteiger partial charge in [-0.2, -0.15) is 0 Å². The monoisotopic (exact) mass is 234 g/mol. The first-order valence-corrected chi connectivity index (χ1v) is 5.12. The van der Waals surface area contributed by atoms with Gasteiger partial charge in [-0.3, -0.25) is 9.59 Å². The highest BCUT2D eigenvalue weighted by Gasteiger charge is 2.08. The number of amides is 2. The Hall–Kier alpha value is -2.24. The van der Waals surface area contributed by atoms with Gasteiger partial charge in [-0.25, -0.2) is 0 Å². The first-order valence-electron chi connectivity index (χ1n) is 5.12. The number of hydrogen-bond donors (Lipinski definition) is 2. The predicted octanol–water partition coefficient (Wildman–Crippen LogP) is 0.967. The van der Waals surface area contributed by atoms with E-state index in [4.69, 9.17) is 5.84 Å². The maximum atomic E-state index is 11.7. The van der Waals surface area contributed by atoms with E-state index in [1.165, 1.54) is 0 Å². The van der Waals surface area contributed by atoms with Crippen LogP contribution in [-0.2, 0) is 4.79 Å². The van der Waals surface area contributed by atoms with E-state index in [0.717, 1.165) is 5.56 Å². The van der Waals surface area contributed by atoms with Gasteiger partial charge in [0.2, 0.25) is 0 Å². The summed E-state index contributed by atoms with van der Waals surface area (Å²) in [6.07, 6.45) is 0.0817. The Morgan fingerprint density at radius 3 is 2.71 bits per heavy atom. The SMILES string of the molecule is Cc1ccccc1C(=O)NCCC(=O)N=NN. The third-order valence-electron chi connectivity index (χ3n) is 2.18. The number of nitrogens with one attached hydrogen (secondary N) is 1. The highest BCUT2D eigenvalue weighted by Crippen LogP contribution is 2.06. The lowest BCUT2D eigenvalue weighted by Crippen LogP contribution is -2.26. The van der Waals surface area contributed by atoms with E-state index >= 15 is 0 Å². The molecule has 0 saturated heterocycles. The number of carbonyl (C=O) groups is 2. The number of hydrogen-bond acceptors (Lipinski definition) is 3. The van der Waals surface area contributed by atoms with Gasteiger partial charge in [0, 0.05) is 18.5 Å². The first kappa shape index (κ1) is 12.8.